The maximum atomic E-state index is 9.76. The molecule has 0 saturated heterocycles. The third-order valence-corrected chi connectivity index (χ3v) is 19.6. The number of furan rings is 4. The monoisotopic (exact) mass is 2380 g/mol. The summed E-state index contributed by atoms with van der Waals surface area (Å²) in [6, 6.07) is 71.8. The number of nitrogens with zero attached hydrogens (tertiary/aromatic N) is 8. The first-order valence-corrected chi connectivity index (χ1v) is 40.3. The minimum atomic E-state index is -0.443. The van der Waals surface area contributed by atoms with Gasteiger partial charge in [-0.15, -0.1) is 143 Å². The average Bonchev–Trinajstić information content (AvgIpc) is 1.64. The van der Waals surface area contributed by atoms with Crippen molar-refractivity contribution in [2.24, 2.45) is 28.1 Å². The molecule has 0 saturated carbocycles. The Morgan fingerprint density at radius 2 is 0.569 bits per heavy atom. The number of aliphatic hydroxyl groups is 8. The van der Waals surface area contributed by atoms with Crippen LogP contribution in [-0.2, 0) is 80.4 Å². The topological polar surface area (TPSA) is 318 Å². The van der Waals surface area contributed by atoms with E-state index in [0.717, 1.165) is 122 Å². The summed E-state index contributed by atoms with van der Waals surface area (Å²) in [6.45, 7) is 34.7. The molecule has 123 heavy (non-hydrogen) atoms. The molecule has 4 radical (unpaired) electrons. The van der Waals surface area contributed by atoms with Gasteiger partial charge in [-0.2, -0.15) is 0 Å². The van der Waals surface area contributed by atoms with Gasteiger partial charge in [0, 0.05) is 131 Å². The van der Waals surface area contributed by atoms with E-state index in [1.807, 2.05) is 267 Å². The van der Waals surface area contributed by atoms with Gasteiger partial charge >= 0.3 is 0 Å². The number of rotatable bonds is 14. The number of aromatic nitrogens is 8. The van der Waals surface area contributed by atoms with Crippen molar-refractivity contribution in [1.82, 2.24) is 39.9 Å². The molecule has 8 aromatic heterocycles. The minimum absolute atomic E-state index is 0. The fourth-order valence-corrected chi connectivity index (χ4v) is 12.4. The molecule has 0 amide bonds. The molecule has 8 atom stereocenters. The average molecular weight is 2380 g/mol. The summed E-state index contributed by atoms with van der Waals surface area (Å²) in [5, 5.41) is 77.8. The summed E-state index contributed by atoms with van der Waals surface area (Å²) in [5.41, 5.74) is 18.2. The predicted molar refractivity (Wildman–Crippen MR) is 475 cm³/mol. The number of hydrogen-bond acceptors (Lipinski definition) is 20. The van der Waals surface area contributed by atoms with Crippen molar-refractivity contribution in [2.45, 2.75) is 199 Å². The SMILES string of the molecule is CC(C)(C)C(O)CC(O)C(C)(C)C.CC(C)C(O)CC(O)C(C)C.CC(O)CC(C)O.CC(O)CC(O)C(C)(C)C.Cc1[c-]c(-c2ncnc3c2oc2ccccc23)cc(C)c1.[Ir].[Ir].[Ir].[Ir].[c-]1ccccc1-c1ncnc2c1oc1ccccc12.[c-]1ccccc1-c1ncnc2c1oc1ccccc12.[c-]1ccccc1-c1ncnc2c1oc1ccccc12. The van der Waals surface area contributed by atoms with Crippen LogP contribution in [-0.4, -0.2) is 130 Å². The molecule has 8 aromatic carbocycles. The van der Waals surface area contributed by atoms with Gasteiger partial charge in [-0.3, -0.25) is 19.9 Å². The third kappa shape index (κ3) is 29.9. The van der Waals surface area contributed by atoms with Crippen LogP contribution in [0.2, 0.25) is 0 Å². The molecule has 0 fully saturated rings. The van der Waals surface area contributed by atoms with Crippen molar-refractivity contribution in [2.75, 3.05) is 0 Å². The molecule has 8 N–H and O–H groups in total. The molecular formula is C99H114Ir4N8O12-4. The first kappa shape index (κ1) is 105. The van der Waals surface area contributed by atoms with Gasteiger partial charge in [-0.05, 0) is 117 Å². The number of hydrogen-bond donors (Lipinski definition) is 8. The fraction of sp³-hybridized carbons (Fsp3) is 0.354. The Balaban J connectivity index is 0.000000254. The van der Waals surface area contributed by atoms with Gasteiger partial charge in [0.2, 0.25) is 0 Å². The van der Waals surface area contributed by atoms with Crippen molar-refractivity contribution >= 4 is 88.3 Å². The third-order valence-electron chi connectivity index (χ3n) is 19.6. The van der Waals surface area contributed by atoms with Gasteiger partial charge in [0.15, 0.2) is 0 Å². The molecule has 8 heterocycles. The van der Waals surface area contributed by atoms with E-state index in [-0.39, 0.29) is 133 Å². The van der Waals surface area contributed by atoms with E-state index in [9.17, 15) is 25.5 Å². The molecule has 0 aliphatic rings. The Kier molecular flexibility index (Phi) is 41.8. The Bertz CT molecular complexity index is 5420. The molecule has 8 unspecified atom stereocenters. The number of benzene rings is 8. The van der Waals surface area contributed by atoms with Gasteiger partial charge < -0.3 is 58.5 Å². The zero-order chi connectivity index (χ0) is 86.5. The Morgan fingerprint density at radius 3 is 0.797 bits per heavy atom. The summed E-state index contributed by atoms with van der Waals surface area (Å²) in [7, 11) is 0. The Hall–Kier alpha value is -8.44. The number of aliphatic hydroxyl groups excluding tert-OH is 8. The second-order valence-corrected chi connectivity index (χ2v) is 33.8. The van der Waals surface area contributed by atoms with Gasteiger partial charge in [-0.25, -0.2) is 19.9 Å². The zero-order valence-corrected chi connectivity index (χ0v) is 82.4. The first-order valence-electron chi connectivity index (χ1n) is 40.3. The standard InChI is InChI=1S/C18H13N2O.3C16H9N2O.C11H24O2.C9H20O2.C8H18O2.C5H12O2.4Ir/c1-11-7-12(2)9-13(8-11)16-18-17(20-10-19-16)14-5-3-4-6-15(14)21-18;3*1-2-6-11(7-3-1)14-16-15(18-10-17-14)12-8-4-5-9-13(12)19-16;1-10(2,3)8(12)7-9(13)11(4,5)6;1-6(2)8(10)5-9(11)7(3)4;1-6(9)5-7(10)8(2,3)4;1-4(6)3-5(2)7;;;;/h3-8,10H,1-2H3;3*1-6,8-10H;8-9,12-13H,7H2,1-6H3;6-11H,5H2,1-4H3;6-7,9-10H,5H2,1-4H3;4-7H,3H2,1-2H3;;;;/q4*-1;;;;;;;;. The second kappa shape index (κ2) is 48.9. The molecule has 0 spiro atoms. The van der Waals surface area contributed by atoms with E-state index in [1.165, 1.54) is 5.56 Å². The molecule has 24 heteroatoms. The van der Waals surface area contributed by atoms with E-state index < -0.39 is 24.4 Å². The molecule has 16 rings (SSSR count). The fourth-order valence-electron chi connectivity index (χ4n) is 12.4. The minimum Gasteiger partial charge on any atom is -0.462 e. The van der Waals surface area contributed by atoms with Crippen molar-refractivity contribution < 1.29 is 139 Å². The van der Waals surface area contributed by atoms with Gasteiger partial charge in [-0.1, -0.05) is 152 Å². The summed E-state index contributed by atoms with van der Waals surface area (Å²) in [6.07, 6.45) is 4.99. The van der Waals surface area contributed by atoms with Crippen LogP contribution < -0.4 is 0 Å². The molecule has 20 nitrogen and oxygen atoms in total. The van der Waals surface area contributed by atoms with Crippen molar-refractivity contribution in [1.29, 1.82) is 0 Å². The van der Waals surface area contributed by atoms with Crippen LogP contribution in [0.25, 0.3) is 133 Å². The zero-order valence-electron chi connectivity index (χ0n) is 72.9. The van der Waals surface area contributed by atoms with E-state index in [4.69, 9.17) is 33.0 Å². The maximum absolute atomic E-state index is 9.76. The van der Waals surface area contributed by atoms with E-state index in [2.05, 4.69) is 83.2 Å². The normalized spacial score (nSPS) is 13.2. The second-order valence-electron chi connectivity index (χ2n) is 33.8. The Labute approximate surface area is 775 Å². The van der Waals surface area contributed by atoms with Crippen LogP contribution >= 0.6 is 0 Å². The summed E-state index contributed by atoms with van der Waals surface area (Å²) in [4.78, 5) is 34.8. The van der Waals surface area contributed by atoms with E-state index >= 15 is 0 Å². The van der Waals surface area contributed by atoms with Gasteiger partial charge in [0.05, 0.1) is 48.8 Å². The van der Waals surface area contributed by atoms with Crippen LogP contribution in [0, 0.1) is 66.2 Å². The maximum Gasteiger partial charge on any atom is 0.138 e. The van der Waals surface area contributed by atoms with Crippen LogP contribution in [0.1, 0.15) is 148 Å². The number of para-hydroxylation sites is 4. The van der Waals surface area contributed by atoms with Crippen molar-refractivity contribution in [3.63, 3.8) is 0 Å². The summed E-state index contributed by atoms with van der Waals surface area (Å²) < 4.78 is 23.7. The number of fused-ring (bicyclic) bond motifs is 12. The molecule has 0 bridgehead atoms. The van der Waals surface area contributed by atoms with Crippen LogP contribution in [0.3, 0.4) is 0 Å². The van der Waals surface area contributed by atoms with Crippen LogP contribution in [0.5, 0.6) is 0 Å². The quantitative estimate of drug-likeness (QED) is 0.0469. The van der Waals surface area contributed by atoms with E-state index in [1.54, 1.807) is 46.1 Å². The van der Waals surface area contributed by atoms with Crippen molar-refractivity contribution in [3.05, 3.63) is 243 Å². The molecule has 16 aromatic rings. The molecular weight excluding hydrogens is 2260 g/mol. The van der Waals surface area contributed by atoms with Crippen molar-refractivity contribution in [3.8, 4) is 45.0 Å². The summed E-state index contributed by atoms with van der Waals surface area (Å²) in [5.74, 6) is 0.479. The van der Waals surface area contributed by atoms with E-state index in [0.29, 0.717) is 42.4 Å². The Morgan fingerprint density at radius 1 is 0.309 bits per heavy atom. The molecule has 0 aliphatic heterocycles. The van der Waals surface area contributed by atoms with Crippen LogP contribution in [0.4, 0.5) is 0 Å². The number of aryl methyl sites for hydroxylation is 2. The van der Waals surface area contributed by atoms with Crippen LogP contribution in [0.15, 0.2) is 225 Å². The van der Waals surface area contributed by atoms with Gasteiger partial charge in [0.1, 0.15) is 92.0 Å². The summed E-state index contributed by atoms with van der Waals surface area (Å²) >= 11 is 0. The first-order chi connectivity index (χ1) is 56.5. The predicted octanol–water partition coefficient (Wildman–Crippen LogP) is 20.9. The van der Waals surface area contributed by atoms with Gasteiger partial charge in [0.25, 0.3) is 0 Å². The smallest absolute Gasteiger partial charge is 0.138 e. The molecule has 0 aliphatic carbocycles. The molecule has 662 valence electrons. The largest absolute Gasteiger partial charge is 0.462 e.